The largest absolute Gasteiger partial charge is 0.452 e. The van der Waals surface area contributed by atoms with Crippen LogP contribution in [0.15, 0.2) is 437 Å². The van der Waals surface area contributed by atoms with E-state index in [9.17, 15) is 0 Å². The molecule has 568 valence electrons. The monoisotopic (exact) mass is 1560 g/mol. The van der Waals surface area contributed by atoms with Gasteiger partial charge in [0.15, 0.2) is 11.5 Å². The summed E-state index contributed by atoms with van der Waals surface area (Å²) in [4.78, 5) is 13.2. The van der Waals surface area contributed by atoms with Crippen LogP contribution < -0.4 is 78.4 Å². The van der Waals surface area contributed by atoms with Gasteiger partial charge in [-0.3, -0.25) is 0 Å². The van der Waals surface area contributed by atoms with Gasteiger partial charge in [-0.05, 0) is 212 Å². The molecular formula is C114H72B3N5O. The van der Waals surface area contributed by atoms with Crippen molar-refractivity contribution < 1.29 is 4.74 Å². The van der Waals surface area contributed by atoms with Crippen LogP contribution in [0.2, 0.25) is 0 Å². The van der Waals surface area contributed by atoms with Crippen LogP contribution >= 0.6 is 0 Å². The molecule has 0 atom stereocenters. The normalized spacial score (nSPS) is 13.3. The molecule has 0 radical (unpaired) electrons. The summed E-state index contributed by atoms with van der Waals surface area (Å²) in [5, 5.41) is 0. The van der Waals surface area contributed by atoms with E-state index < -0.39 is 0 Å². The molecule has 123 heavy (non-hydrogen) atoms. The van der Waals surface area contributed by atoms with E-state index in [0.717, 1.165) is 152 Å². The van der Waals surface area contributed by atoms with E-state index in [4.69, 9.17) is 4.74 Å². The zero-order valence-electron chi connectivity index (χ0n) is 66.9. The zero-order chi connectivity index (χ0) is 80.5. The molecular weight excluding hydrogens is 1490 g/mol. The topological polar surface area (TPSA) is 25.4 Å². The fraction of sp³-hybridized carbons (Fsp3) is 0. The lowest BCUT2D eigenvalue weighted by molar-refractivity contribution is 0.481. The summed E-state index contributed by atoms with van der Waals surface area (Å²) in [5.41, 5.74) is 45.8. The lowest BCUT2D eigenvalue weighted by Crippen LogP contribution is -2.69. The summed E-state index contributed by atoms with van der Waals surface area (Å²) >= 11 is 0. The average Bonchev–Trinajstić information content (AvgIpc) is 0.649. The van der Waals surface area contributed by atoms with Crippen molar-refractivity contribution in [3.8, 4) is 101 Å². The molecule has 0 aliphatic carbocycles. The van der Waals surface area contributed by atoms with Crippen LogP contribution in [0.5, 0.6) is 11.5 Å². The van der Waals surface area contributed by atoms with E-state index in [-0.39, 0.29) is 20.1 Å². The fourth-order valence-electron chi connectivity index (χ4n) is 21.4. The smallest absolute Gasteiger partial charge is 0.252 e. The van der Waals surface area contributed by atoms with Crippen LogP contribution in [0.3, 0.4) is 0 Å². The van der Waals surface area contributed by atoms with Crippen molar-refractivity contribution in [1.82, 2.24) is 0 Å². The van der Waals surface area contributed by atoms with E-state index >= 15 is 0 Å². The molecule has 9 heteroatoms. The molecule has 0 N–H and O–H groups in total. The minimum absolute atomic E-state index is 0.245. The second-order valence-electron chi connectivity index (χ2n) is 33.3. The molecule has 7 aliphatic rings. The predicted octanol–water partition coefficient (Wildman–Crippen LogP) is 23.9. The molecule has 0 unspecified atom stereocenters. The molecule has 0 saturated carbocycles. The van der Waals surface area contributed by atoms with E-state index in [1.807, 2.05) is 0 Å². The Labute approximate surface area is 716 Å². The highest BCUT2D eigenvalue weighted by molar-refractivity contribution is 7.06. The predicted molar refractivity (Wildman–Crippen MR) is 517 cm³/mol. The van der Waals surface area contributed by atoms with Crippen LogP contribution in [0.4, 0.5) is 85.3 Å². The first-order valence-corrected chi connectivity index (χ1v) is 42.7. The Kier molecular flexibility index (Phi) is 15.4. The van der Waals surface area contributed by atoms with Crippen LogP contribution in [-0.4, -0.2) is 20.1 Å². The van der Waals surface area contributed by atoms with Crippen molar-refractivity contribution >= 4 is 155 Å². The molecule has 0 fully saturated rings. The highest BCUT2D eigenvalue weighted by Gasteiger charge is 2.56. The van der Waals surface area contributed by atoms with E-state index in [0.29, 0.717) is 0 Å². The third-order valence-corrected chi connectivity index (χ3v) is 26.8. The Hall–Kier alpha value is -15.8. The summed E-state index contributed by atoms with van der Waals surface area (Å²) in [6.07, 6.45) is 0. The lowest BCUT2D eigenvalue weighted by Gasteiger charge is -2.53. The van der Waals surface area contributed by atoms with Gasteiger partial charge in [0.2, 0.25) is 0 Å². The SMILES string of the molecule is c1ccc(-c2ccc(N3c4cc(-c5ccccc5)ccc4B4c5cc6c(cc5N(c5ccc(-c7ccccc7)cc5)c5cccc3c54)N(c3ccc(-c4ccccc4)cc3)c3cc4c5c7c3B6c3ccc(-c6ccccc6)c6c3N7c3c(ccc(-c7ccccc7)c3O6)B5c3ccc(-c5ccccc5)cc3N4c3ccc(-c4ccccc4)cc3)cc2)cc1. The average molecular weight is 1560 g/mol. The minimum Gasteiger partial charge on any atom is -0.452 e. The van der Waals surface area contributed by atoms with Gasteiger partial charge in [0.25, 0.3) is 20.1 Å². The first-order valence-electron chi connectivity index (χ1n) is 42.7. The van der Waals surface area contributed by atoms with Crippen molar-refractivity contribution in [3.05, 3.63) is 437 Å². The van der Waals surface area contributed by atoms with Crippen molar-refractivity contribution in [2.75, 3.05) is 24.5 Å². The van der Waals surface area contributed by atoms with E-state index in [1.165, 1.54) is 82.7 Å². The molecule has 0 aromatic heterocycles. The molecule has 26 rings (SSSR count). The molecule has 19 aromatic carbocycles. The maximum absolute atomic E-state index is 8.20. The third-order valence-electron chi connectivity index (χ3n) is 26.8. The number of fused-ring (bicyclic) bond motifs is 10. The Morgan fingerprint density at radius 1 is 0.154 bits per heavy atom. The Bertz CT molecular complexity index is 7500. The second-order valence-corrected chi connectivity index (χ2v) is 33.3. The van der Waals surface area contributed by atoms with Gasteiger partial charge in [0, 0.05) is 85.1 Å². The van der Waals surface area contributed by atoms with Gasteiger partial charge >= 0.3 is 0 Å². The fourth-order valence-corrected chi connectivity index (χ4v) is 21.4. The molecule has 0 amide bonds. The molecule has 7 aliphatic heterocycles. The Balaban J connectivity index is 0.794. The summed E-state index contributed by atoms with van der Waals surface area (Å²) in [6.45, 7) is -0.847. The van der Waals surface area contributed by atoms with Gasteiger partial charge in [-0.25, -0.2) is 0 Å². The van der Waals surface area contributed by atoms with E-state index in [1.54, 1.807) is 0 Å². The lowest BCUT2D eigenvalue weighted by atomic mass is 9.27. The molecule has 19 aromatic rings. The van der Waals surface area contributed by atoms with E-state index in [2.05, 4.69) is 461 Å². The van der Waals surface area contributed by atoms with Crippen molar-refractivity contribution in [2.45, 2.75) is 0 Å². The second kappa shape index (κ2) is 27.4. The molecule has 6 nitrogen and oxygen atoms in total. The molecule has 0 saturated heterocycles. The number of nitrogens with zero attached hydrogens (tertiary/aromatic N) is 5. The highest BCUT2D eigenvalue weighted by Crippen LogP contribution is 2.61. The van der Waals surface area contributed by atoms with Gasteiger partial charge in [-0.15, -0.1) is 0 Å². The number of rotatable bonds is 12. The number of hydrogen-bond acceptors (Lipinski definition) is 6. The molecule has 7 heterocycles. The standard InChI is InChI=1S/C114H72B3N5O/c1-9-26-73(27-10-1)79-44-54-87(55-45-79)118-99-42-25-43-100-107(99)116(94-65-53-85(68-101(94)118)77-34-17-5-18-35-77)97-70-98-104(71-103(97)119(100)88-56-46-80(47-57-88)74-28-11-2-12-29-74)121(90-60-50-82(51-61-90)76-32-15-4-16-33-76)106-72-105-108-112-109(106)117(98)96-67-63-92(84-40-23-8-24-41-84)114-111(96)122(112)110-95(66-62-91(113(110)123-114)83-38-21-7-22-39-83)115(108)93-64-52-86(78-36-19-6-20-37-78)69-102(93)120(105)89-58-48-81(49-59-89)75-30-13-3-14-31-75/h1-72H. The highest BCUT2D eigenvalue weighted by atomic mass is 16.5. The molecule has 0 spiro atoms. The number of ether oxygens (including phenoxy) is 1. The summed E-state index contributed by atoms with van der Waals surface area (Å²) in [6, 6.07) is 163. The van der Waals surface area contributed by atoms with Gasteiger partial charge in [0.1, 0.15) is 0 Å². The summed E-state index contributed by atoms with van der Waals surface area (Å²) < 4.78 is 8.20. The quantitative estimate of drug-likeness (QED) is 0.113. The summed E-state index contributed by atoms with van der Waals surface area (Å²) in [5.74, 6) is 1.69. The number of hydrogen-bond donors (Lipinski definition) is 0. The van der Waals surface area contributed by atoms with Gasteiger partial charge in [-0.1, -0.05) is 352 Å². The summed E-state index contributed by atoms with van der Waals surface area (Å²) in [7, 11) is 0. The zero-order valence-corrected chi connectivity index (χ0v) is 66.9. The Morgan fingerprint density at radius 2 is 0.415 bits per heavy atom. The van der Waals surface area contributed by atoms with Crippen LogP contribution in [-0.2, 0) is 0 Å². The van der Waals surface area contributed by atoms with Gasteiger partial charge < -0.3 is 29.2 Å². The number of anilines is 15. The van der Waals surface area contributed by atoms with Crippen molar-refractivity contribution in [3.63, 3.8) is 0 Å². The first-order chi connectivity index (χ1) is 61.0. The van der Waals surface area contributed by atoms with Crippen molar-refractivity contribution in [1.29, 1.82) is 0 Å². The maximum Gasteiger partial charge on any atom is 0.252 e. The third kappa shape index (κ3) is 10.6. The van der Waals surface area contributed by atoms with Crippen LogP contribution in [0.1, 0.15) is 0 Å². The minimum atomic E-state index is -0.348. The maximum atomic E-state index is 8.20. The molecule has 0 bridgehead atoms. The van der Waals surface area contributed by atoms with Gasteiger partial charge in [-0.2, -0.15) is 0 Å². The van der Waals surface area contributed by atoms with Crippen LogP contribution in [0.25, 0.3) is 89.0 Å². The van der Waals surface area contributed by atoms with Crippen LogP contribution in [0, 0.1) is 0 Å². The van der Waals surface area contributed by atoms with Gasteiger partial charge in [0.05, 0.1) is 11.4 Å². The number of benzene rings is 19. The first kappa shape index (κ1) is 69.2. The van der Waals surface area contributed by atoms with Crippen molar-refractivity contribution in [2.24, 2.45) is 0 Å². The Morgan fingerprint density at radius 3 is 0.756 bits per heavy atom.